The Labute approximate surface area is 107 Å². The first-order valence-corrected chi connectivity index (χ1v) is 7.58. The van der Waals surface area contributed by atoms with Crippen molar-refractivity contribution in [2.24, 2.45) is 16.8 Å². The average Bonchev–Trinajstić information content (AvgIpc) is 2.87. The van der Waals surface area contributed by atoms with Gasteiger partial charge in [0.15, 0.2) is 5.17 Å². The summed E-state index contributed by atoms with van der Waals surface area (Å²) in [5.41, 5.74) is 0. The summed E-state index contributed by atoms with van der Waals surface area (Å²) in [5, 5.41) is 4.27. The number of carbonyl (C=O) groups excluding carboxylic acids is 1. The van der Waals surface area contributed by atoms with Crippen molar-refractivity contribution < 1.29 is 4.79 Å². The largest absolute Gasteiger partial charge is 0.364 e. The molecule has 2 atom stereocenters. The number of hydrogen-bond acceptors (Lipinski definition) is 3. The monoisotopic (exact) mass is 252 g/mol. The van der Waals surface area contributed by atoms with Crippen molar-refractivity contribution in [1.82, 2.24) is 5.32 Å². The van der Waals surface area contributed by atoms with Gasteiger partial charge < -0.3 is 5.32 Å². The second-order valence-electron chi connectivity index (χ2n) is 5.70. The summed E-state index contributed by atoms with van der Waals surface area (Å²) in [6, 6.07) is 0. The summed E-state index contributed by atoms with van der Waals surface area (Å²) in [5.74, 6) is 1.40. The predicted octanol–water partition coefficient (Wildman–Crippen LogP) is 2.56. The summed E-state index contributed by atoms with van der Waals surface area (Å²) in [6.45, 7) is 3.15. The van der Waals surface area contributed by atoms with E-state index in [2.05, 4.69) is 17.2 Å². The van der Waals surface area contributed by atoms with E-state index in [4.69, 9.17) is 0 Å². The van der Waals surface area contributed by atoms with E-state index in [1.165, 1.54) is 32.1 Å². The van der Waals surface area contributed by atoms with Gasteiger partial charge in [-0.2, -0.15) is 4.99 Å². The summed E-state index contributed by atoms with van der Waals surface area (Å²) >= 11 is 1.67. The van der Waals surface area contributed by atoms with Crippen molar-refractivity contribution in [2.75, 3.05) is 6.54 Å². The van der Waals surface area contributed by atoms with Crippen LogP contribution in [0.5, 0.6) is 0 Å². The molecule has 0 aromatic heterocycles. The fraction of sp³-hybridized carbons (Fsp3) is 0.846. The number of nitrogens with zero attached hydrogens (tertiary/aromatic N) is 1. The number of thioether (sulfide) groups is 1. The average molecular weight is 252 g/mol. The molecule has 1 amide bonds. The molecule has 3 nitrogen and oxygen atoms in total. The van der Waals surface area contributed by atoms with Crippen molar-refractivity contribution in [3.8, 4) is 0 Å². The van der Waals surface area contributed by atoms with Crippen LogP contribution in [-0.2, 0) is 4.79 Å². The Morgan fingerprint density at radius 1 is 1.41 bits per heavy atom. The Morgan fingerprint density at radius 2 is 2.12 bits per heavy atom. The quantitative estimate of drug-likeness (QED) is 0.821. The highest BCUT2D eigenvalue weighted by Gasteiger charge is 2.61. The van der Waals surface area contributed by atoms with Crippen LogP contribution in [0.25, 0.3) is 0 Å². The first-order valence-electron chi connectivity index (χ1n) is 6.77. The lowest BCUT2D eigenvalue weighted by Crippen LogP contribution is -2.28. The van der Waals surface area contributed by atoms with Crippen LogP contribution >= 0.6 is 11.8 Å². The molecule has 1 aliphatic heterocycles. The van der Waals surface area contributed by atoms with Gasteiger partial charge >= 0.3 is 0 Å². The zero-order valence-electron chi connectivity index (χ0n) is 10.4. The molecule has 1 heterocycles. The van der Waals surface area contributed by atoms with Gasteiger partial charge in [0.1, 0.15) is 4.75 Å². The molecule has 0 aromatic carbocycles. The van der Waals surface area contributed by atoms with Crippen molar-refractivity contribution in [1.29, 1.82) is 0 Å². The van der Waals surface area contributed by atoms with Crippen LogP contribution in [0.2, 0.25) is 0 Å². The summed E-state index contributed by atoms with van der Waals surface area (Å²) in [6.07, 6.45) is 7.80. The molecule has 2 saturated carbocycles. The predicted molar refractivity (Wildman–Crippen MR) is 71.1 cm³/mol. The fourth-order valence-electron chi connectivity index (χ4n) is 2.96. The van der Waals surface area contributed by atoms with Gasteiger partial charge in [0.2, 0.25) is 0 Å². The molecular formula is C13H20N2OS. The zero-order chi connectivity index (χ0) is 11.9. The first kappa shape index (κ1) is 11.6. The van der Waals surface area contributed by atoms with Crippen LogP contribution in [0.4, 0.5) is 0 Å². The van der Waals surface area contributed by atoms with E-state index in [1.807, 2.05) is 0 Å². The molecule has 2 unspecified atom stereocenters. The highest BCUT2D eigenvalue weighted by atomic mass is 32.2. The third-order valence-corrected chi connectivity index (χ3v) is 5.89. The van der Waals surface area contributed by atoms with Crippen LogP contribution < -0.4 is 5.32 Å². The molecule has 0 aromatic rings. The Morgan fingerprint density at radius 3 is 2.71 bits per heavy atom. The van der Waals surface area contributed by atoms with E-state index >= 15 is 0 Å². The molecule has 4 heteroatoms. The van der Waals surface area contributed by atoms with E-state index in [-0.39, 0.29) is 10.7 Å². The Hall–Kier alpha value is -0.510. The molecule has 3 rings (SSSR count). The van der Waals surface area contributed by atoms with Crippen molar-refractivity contribution >= 4 is 22.8 Å². The van der Waals surface area contributed by atoms with Gasteiger partial charge in [-0.05, 0) is 31.1 Å². The minimum atomic E-state index is -0.158. The standard InChI is InChI=1S/C13H20N2OS/c1-9-7-13(9)11(16)15-12(17-13)14-8-10-5-3-2-4-6-10/h9-10H,2-8H2,1H3,(H,14,15,16). The molecule has 94 valence electrons. The highest BCUT2D eigenvalue weighted by molar-refractivity contribution is 8.16. The number of aliphatic imine (C=N–C) groups is 1. The minimum Gasteiger partial charge on any atom is -0.364 e. The number of carbonyl (C=O) groups is 1. The number of hydrogen-bond donors (Lipinski definition) is 1. The topological polar surface area (TPSA) is 41.5 Å². The van der Waals surface area contributed by atoms with Gasteiger partial charge in [-0.15, -0.1) is 0 Å². The van der Waals surface area contributed by atoms with E-state index in [0.717, 1.165) is 24.1 Å². The molecule has 17 heavy (non-hydrogen) atoms. The van der Waals surface area contributed by atoms with Crippen molar-refractivity contribution in [3.05, 3.63) is 0 Å². The maximum atomic E-state index is 11.8. The lowest BCUT2D eigenvalue weighted by Gasteiger charge is -2.22. The van der Waals surface area contributed by atoms with E-state index < -0.39 is 0 Å². The molecular weight excluding hydrogens is 232 g/mol. The smallest absolute Gasteiger partial charge is 0.265 e. The van der Waals surface area contributed by atoms with E-state index in [1.54, 1.807) is 11.8 Å². The van der Waals surface area contributed by atoms with E-state index in [9.17, 15) is 4.79 Å². The molecule has 2 fully saturated rings. The minimum absolute atomic E-state index is 0.0983. The molecule has 0 bridgehead atoms. The number of rotatable bonds is 2. The molecule has 1 N–H and O–H groups in total. The molecule has 1 spiro atoms. The highest BCUT2D eigenvalue weighted by Crippen LogP contribution is 2.57. The van der Waals surface area contributed by atoms with Crippen LogP contribution in [0, 0.1) is 11.8 Å². The summed E-state index contributed by atoms with van der Waals surface area (Å²) < 4.78 is -0.158. The third-order valence-electron chi connectivity index (χ3n) is 4.36. The normalized spacial score (nSPS) is 37.4. The van der Waals surface area contributed by atoms with Gasteiger partial charge in [-0.1, -0.05) is 37.9 Å². The summed E-state index contributed by atoms with van der Waals surface area (Å²) in [7, 11) is 0. The molecule has 3 aliphatic rings. The zero-order valence-corrected chi connectivity index (χ0v) is 11.2. The SMILES string of the molecule is CC1CC12SC(NCC1CCCCC1)=NC2=O. The Kier molecular flexibility index (Phi) is 2.93. The van der Waals surface area contributed by atoms with Crippen LogP contribution in [0.1, 0.15) is 45.4 Å². The van der Waals surface area contributed by atoms with Crippen LogP contribution in [-0.4, -0.2) is 22.4 Å². The van der Waals surface area contributed by atoms with Crippen molar-refractivity contribution in [2.45, 2.75) is 50.2 Å². The number of nitrogens with one attached hydrogen (secondary N) is 1. The number of amidine groups is 1. The van der Waals surface area contributed by atoms with Crippen molar-refractivity contribution in [3.63, 3.8) is 0 Å². The Bertz CT molecular complexity index is 362. The van der Waals surface area contributed by atoms with Gasteiger partial charge in [-0.3, -0.25) is 4.79 Å². The first-order chi connectivity index (χ1) is 8.21. The Balaban J connectivity index is 1.50. The summed E-state index contributed by atoms with van der Waals surface area (Å²) in [4.78, 5) is 16.0. The van der Waals surface area contributed by atoms with Gasteiger partial charge in [-0.25, -0.2) is 0 Å². The van der Waals surface area contributed by atoms with Crippen LogP contribution in [0.15, 0.2) is 4.99 Å². The van der Waals surface area contributed by atoms with E-state index in [0.29, 0.717) is 5.92 Å². The number of amides is 1. The third kappa shape index (κ3) is 2.12. The second-order valence-corrected chi connectivity index (χ2v) is 7.02. The van der Waals surface area contributed by atoms with Crippen LogP contribution in [0.3, 0.4) is 0 Å². The molecule has 0 saturated heterocycles. The molecule has 0 radical (unpaired) electrons. The maximum absolute atomic E-state index is 11.8. The lowest BCUT2D eigenvalue weighted by molar-refractivity contribution is -0.117. The lowest BCUT2D eigenvalue weighted by atomic mass is 9.89. The van der Waals surface area contributed by atoms with Gasteiger partial charge in [0.05, 0.1) is 0 Å². The second kappa shape index (κ2) is 4.30. The maximum Gasteiger partial charge on any atom is 0.265 e. The van der Waals surface area contributed by atoms with Gasteiger partial charge in [0.25, 0.3) is 5.91 Å². The fourth-order valence-corrected chi connectivity index (χ4v) is 4.26. The van der Waals surface area contributed by atoms with Gasteiger partial charge in [0, 0.05) is 6.54 Å². The molecule has 2 aliphatic carbocycles.